The second-order valence-corrected chi connectivity index (χ2v) is 6.75. The van der Waals surface area contributed by atoms with Crippen LogP contribution in [-0.2, 0) is 11.8 Å². The standard InChI is InChI=1S/C20H19FN6O3/c1-26-19(28)7-5-16(25-26)20(29)27-8-9-30-17(12-27)15-4-3-14(11-22-15)24-18-6-2-13(21)10-23-18/h2-7,10-11,17H,8-9,12H2,1H3,(H,23,24)/t17-/m0/s1. The SMILES string of the molecule is Cn1nc(C(=O)N2CCO[C@H](c3ccc(Nc4ccc(F)cn4)cn3)C2)ccc1=O. The number of pyridine rings is 2. The van der Waals surface area contributed by atoms with Crippen LogP contribution < -0.4 is 10.9 Å². The van der Waals surface area contributed by atoms with Gasteiger partial charge in [-0.25, -0.2) is 14.1 Å². The number of morpholine rings is 1. The largest absolute Gasteiger partial charge is 0.368 e. The summed E-state index contributed by atoms with van der Waals surface area (Å²) < 4.78 is 19.9. The van der Waals surface area contributed by atoms with Crippen molar-refractivity contribution in [2.24, 2.45) is 7.05 Å². The number of nitrogens with zero attached hydrogens (tertiary/aromatic N) is 5. The molecule has 3 aromatic heterocycles. The first-order chi connectivity index (χ1) is 14.5. The van der Waals surface area contributed by atoms with Crippen molar-refractivity contribution in [3.8, 4) is 0 Å². The second kappa shape index (κ2) is 8.37. The van der Waals surface area contributed by atoms with E-state index in [1.54, 1.807) is 17.2 Å². The third-order valence-electron chi connectivity index (χ3n) is 4.65. The maximum absolute atomic E-state index is 13.0. The Bertz CT molecular complexity index is 1100. The van der Waals surface area contributed by atoms with E-state index >= 15 is 0 Å². The summed E-state index contributed by atoms with van der Waals surface area (Å²) >= 11 is 0. The van der Waals surface area contributed by atoms with Gasteiger partial charge in [0.2, 0.25) is 0 Å². The minimum Gasteiger partial charge on any atom is -0.368 e. The highest BCUT2D eigenvalue weighted by molar-refractivity contribution is 5.92. The maximum Gasteiger partial charge on any atom is 0.274 e. The first kappa shape index (κ1) is 19.6. The smallest absolute Gasteiger partial charge is 0.274 e. The van der Waals surface area contributed by atoms with Gasteiger partial charge in [0.05, 0.1) is 36.9 Å². The molecular formula is C20H19FN6O3. The molecule has 0 spiro atoms. The molecule has 1 saturated heterocycles. The van der Waals surface area contributed by atoms with E-state index in [0.717, 1.165) is 10.9 Å². The van der Waals surface area contributed by atoms with Crippen LogP contribution in [0, 0.1) is 5.82 Å². The zero-order valence-corrected chi connectivity index (χ0v) is 16.2. The van der Waals surface area contributed by atoms with Crippen LogP contribution >= 0.6 is 0 Å². The topological polar surface area (TPSA) is 102 Å². The van der Waals surface area contributed by atoms with E-state index in [2.05, 4.69) is 20.4 Å². The molecule has 1 amide bonds. The number of rotatable bonds is 4. The first-order valence-corrected chi connectivity index (χ1v) is 9.29. The average Bonchev–Trinajstić information content (AvgIpc) is 2.77. The number of amides is 1. The van der Waals surface area contributed by atoms with Crippen molar-refractivity contribution in [3.63, 3.8) is 0 Å². The van der Waals surface area contributed by atoms with Crippen LogP contribution in [0.5, 0.6) is 0 Å². The summed E-state index contributed by atoms with van der Waals surface area (Å²) in [5.41, 5.74) is 1.30. The Morgan fingerprint density at radius 1 is 1.17 bits per heavy atom. The Kier molecular flexibility index (Phi) is 5.48. The summed E-state index contributed by atoms with van der Waals surface area (Å²) in [5.74, 6) is -0.170. The van der Waals surface area contributed by atoms with E-state index in [-0.39, 0.29) is 23.3 Å². The average molecular weight is 410 g/mol. The van der Waals surface area contributed by atoms with E-state index in [9.17, 15) is 14.0 Å². The molecule has 4 rings (SSSR count). The first-order valence-electron chi connectivity index (χ1n) is 9.29. The van der Waals surface area contributed by atoms with Gasteiger partial charge in [0.15, 0.2) is 0 Å². The highest BCUT2D eigenvalue weighted by Gasteiger charge is 2.27. The molecule has 0 unspecified atom stereocenters. The van der Waals surface area contributed by atoms with Crippen molar-refractivity contribution in [1.29, 1.82) is 0 Å². The predicted molar refractivity (Wildman–Crippen MR) is 106 cm³/mol. The Hall–Kier alpha value is -3.66. The normalized spacial score (nSPS) is 16.3. The molecular weight excluding hydrogens is 391 g/mol. The van der Waals surface area contributed by atoms with Crippen LogP contribution in [0.25, 0.3) is 0 Å². The van der Waals surface area contributed by atoms with Gasteiger partial charge < -0.3 is 15.0 Å². The number of hydrogen-bond donors (Lipinski definition) is 1. The summed E-state index contributed by atoms with van der Waals surface area (Å²) in [5, 5.41) is 7.06. The number of hydrogen-bond acceptors (Lipinski definition) is 7. The van der Waals surface area contributed by atoms with E-state index < -0.39 is 5.82 Å². The van der Waals surface area contributed by atoms with E-state index in [4.69, 9.17) is 4.74 Å². The molecule has 0 bridgehead atoms. The summed E-state index contributed by atoms with van der Waals surface area (Å²) in [6.45, 7) is 1.11. The van der Waals surface area contributed by atoms with Crippen LogP contribution in [0.15, 0.2) is 53.6 Å². The van der Waals surface area contributed by atoms with Gasteiger partial charge in [-0.2, -0.15) is 5.10 Å². The quantitative estimate of drug-likeness (QED) is 0.698. The van der Waals surface area contributed by atoms with Gasteiger partial charge in [0.25, 0.3) is 11.5 Å². The molecule has 3 aromatic rings. The molecule has 30 heavy (non-hydrogen) atoms. The molecule has 4 heterocycles. The van der Waals surface area contributed by atoms with Gasteiger partial charge in [0, 0.05) is 19.7 Å². The third-order valence-corrected chi connectivity index (χ3v) is 4.65. The lowest BCUT2D eigenvalue weighted by atomic mass is 10.1. The van der Waals surface area contributed by atoms with E-state index in [0.29, 0.717) is 36.9 Å². The van der Waals surface area contributed by atoms with Crippen LogP contribution in [-0.4, -0.2) is 50.3 Å². The van der Waals surface area contributed by atoms with Crippen LogP contribution in [0.3, 0.4) is 0 Å². The van der Waals surface area contributed by atoms with Crippen LogP contribution in [0.1, 0.15) is 22.3 Å². The number of halogens is 1. The Morgan fingerprint density at radius 3 is 2.73 bits per heavy atom. The summed E-state index contributed by atoms with van der Waals surface area (Å²) in [7, 11) is 1.50. The predicted octanol–water partition coefficient (Wildman–Crippen LogP) is 1.67. The lowest BCUT2D eigenvalue weighted by Gasteiger charge is -2.32. The van der Waals surface area contributed by atoms with Gasteiger partial charge in [-0.1, -0.05) is 0 Å². The Labute approximate surface area is 171 Å². The molecule has 1 aliphatic rings. The molecule has 0 aliphatic carbocycles. The number of aromatic nitrogens is 4. The number of carbonyl (C=O) groups excluding carboxylic acids is 1. The zero-order valence-electron chi connectivity index (χ0n) is 16.2. The second-order valence-electron chi connectivity index (χ2n) is 6.75. The van der Waals surface area contributed by atoms with Gasteiger partial charge in [-0.3, -0.25) is 14.6 Å². The number of ether oxygens (including phenoxy) is 1. The summed E-state index contributed by atoms with van der Waals surface area (Å²) in [6, 6.07) is 9.21. The molecule has 10 heteroatoms. The minimum atomic E-state index is -0.407. The van der Waals surface area contributed by atoms with Crippen LogP contribution in [0.4, 0.5) is 15.9 Å². The fourth-order valence-corrected chi connectivity index (χ4v) is 3.06. The zero-order chi connectivity index (χ0) is 21.1. The Morgan fingerprint density at radius 2 is 2.03 bits per heavy atom. The van der Waals surface area contributed by atoms with Crippen molar-refractivity contribution < 1.29 is 13.9 Å². The lowest BCUT2D eigenvalue weighted by molar-refractivity contribution is -0.0249. The van der Waals surface area contributed by atoms with Gasteiger partial charge in [-0.05, 0) is 30.3 Å². The van der Waals surface area contributed by atoms with E-state index in [1.165, 1.54) is 31.3 Å². The Balaban J connectivity index is 1.43. The van der Waals surface area contributed by atoms with Crippen LogP contribution in [0.2, 0.25) is 0 Å². The molecule has 1 atom stereocenters. The molecule has 1 N–H and O–H groups in total. The number of aryl methyl sites for hydroxylation is 1. The molecule has 9 nitrogen and oxygen atoms in total. The number of nitrogens with one attached hydrogen (secondary N) is 1. The third kappa shape index (κ3) is 4.33. The van der Waals surface area contributed by atoms with Gasteiger partial charge in [-0.15, -0.1) is 0 Å². The highest BCUT2D eigenvalue weighted by Crippen LogP contribution is 2.23. The molecule has 154 valence electrons. The highest BCUT2D eigenvalue weighted by atomic mass is 19.1. The molecule has 1 fully saturated rings. The maximum atomic E-state index is 13.0. The summed E-state index contributed by atoms with van der Waals surface area (Å²) in [4.78, 5) is 34.2. The monoisotopic (exact) mass is 410 g/mol. The fourth-order valence-electron chi connectivity index (χ4n) is 3.06. The van der Waals surface area contributed by atoms with Gasteiger partial charge >= 0.3 is 0 Å². The van der Waals surface area contributed by atoms with E-state index in [1.807, 2.05) is 6.07 Å². The summed E-state index contributed by atoms with van der Waals surface area (Å²) in [6.07, 6.45) is 2.37. The van der Waals surface area contributed by atoms with Crippen molar-refractivity contribution >= 4 is 17.4 Å². The van der Waals surface area contributed by atoms with Crippen molar-refractivity contribution in [3.05, 3.63) is 76.4 Å². The van der Waals surface area contributed by atoms with Crippen molar-refractivity contribution in [2.45, 2.75) is 6.10 Å². The molecule has 0 saturated carbocycles. The molecule has 0 aromatic carbocycles. The molecule has 1 aliphatic heterocycles. The lowest BCUT2D eigenvalue weighted by Crippen LogP contribution is -2.43. The van der Waals surface area contributed by atoms with Crippen molar-refractivity contribution in [1.82, 2.24) is 24.6 Å². The number of anilines is 2. The minimum absolute atomic E-state index is 0.206. The molecule has 0 radical (unpaired) electrons. The van der Waals surface area contributed by atoms with Crippen molar-refractivity contribution in [2.75, 3.05) is 25.0 Å². The van der Waals surface area contributed by atoms with Gasteiger partial charge in [0.1, 0.15) is 23.4 Å². The fraction of sp³-hybridized carbons (Fsp3) is 0.250. The number of carbonyl (C=O) groups is 1.